The van der Waals surface area contributed by atoms with Crippen LogP contribution in [0.4, 0.5) is 0 Å². The topological polar surface area (TPSA) is 46.5 Å². The molecular weight excluding hydrogens is 372 g/mol. The number of carbonyl (C=O) groups is 1. The number of carbonyl (C=O) groups excluding carboxylic acids is 1. The van der Waals surface area contributed by atoms with Gasteiger partial charge in [-0.2, -0.15) is 0 Å². The number of allylic oxidation sites excluding steroid dienone is 4. The van der Waals surface area contributed by atoms with E-state index < -0.39 is 11.6 Å². The van der Waals surface area contributed by atoms with Crippen molar-refractivity contribution in [2.24, 2.45) is 34.5 Å². The lowest BCUT2D eigenvalue weighted by Gasteiger charge is -2.55. The zero-order chi connectivity index (χ0) is 21.3. The van der Waals surface area contributed by atoms with Crippen molar-refractivity contribution >= 4 is 5.97 Å². The lowest BCUT2D eigenvalue weighted by atomic mass is 9.50. The molecule has 0 bridgehead atoms. The average Bonchev–Trinajstić information content (AvgIpc) is 3.16. The van der Waals surface area contributed by atoms with Crippen molar-refractivity contribution in [3.63, 3.8) is 0 Å². The molecule has 0 radical (unpaired) electrons. The predicted octanol–water partition coefficient (Wildman–Crippen LogP) is 5.97. The number of rotatable bonds is 3. The molecule has 3 saturated carbocycles. The van der Waals surface area contributed by atoms with Crippen LogP contribution < -0.4 is 0 Å². The number of cyclic esters (lactones) is 1. The van der Waals surface area contributed by atoms with Crippen LogP contribution in [0.2, 0.25) is 0 Å². The number of esters is 1. The Bertz CT molecular complexity index is 792. The highest BCUT2D eigenvalue weighted by Gasteiger charge is 2.57. The van der Waals surface area contributed by atoms with Crippen LogP contribution in [0.3, 0.4) is 0 Å². The second-order valence-corrected chi connectivity index (χ2v) is 12.0. The van der Waals surface area contributed by atoms with E-state index in [0.717, 1.165) is 18.3 Å². The molecule has 5 aliphatic rings. The van der Waals surface area contributed by atoms with Crippen molar-refractivity contribution in [1.82, 2.24) is 0 Å². The SMILES string of the molecule is C[C@H](CC1CC(C)(O)C(=O)O1)[C@H]1CC[C@H]2C3=CC=C4CCCC[C@]4(C)[C@H]3CC[C@]12C. The van der Waals surface area contributed by atoms with Crippen molar-refractivity contribution in [2.75, 3.05) is 0 Å². The first kappa shape index (κ1) is 20.8. The maximum absolute atomic E-state index is 11.9. The van der Waals surface area contributed by atoms with Gasteiger partial charge in [0.1, 0.15) is 6.10 Å². The van der Waals surface area contributed by atoms with Gasteiger partial charge in [0.2, 0.25) is 0 Å². The molecule has 1 saturated heterocycles. The number of fused-ring (bicyclic) bond motifs is 5. The lowest BCUT2D eigenvalue weighted by Crippen LogP contribution is -2.45. The van der Waals surface area contributed by atoms with Gasteiger partial charge >= 0.3 is 5.97 Å². The molecule has 4 aliphatic carbocycles. The van der Waals surface area contributed by atoms with Crippen LogP contribution >= 0.6 is 0 Å². The molecule has 1 heterocycles. The third kappa shape index (κ3) is 2.98. The molecule has 0 aromatic heterocycles. The smallest absolute Gasteiger partial charge is 0.338 e. The Balaban J connectivity index is 1.35. The molecule has 3 heteroatoms. The van der Waals surface area contributed by atoms with Gasteiger partial charge < -0.3 is 9.84 Å². The van der Waals surface area contributed by atoms with Gasteiger partial charge in [-0.3, -0.25) is 0 Å². The number of hydrogen-bond acceptors (Lipinski definition) is 3. The molecule has 8 atom stereocenters. The number of hydrogen-bond donors (Lipinski definition) is 1. The van der Waals surface area contributed by atoms with E-state index in [2.05, 4.69) is 32.9 Å². The maximum atomic E-state index is 11.9. The molecule has 4 fully saturated rings. The summed E-state index contributed by atoms with van der Waals surface area (Å²) < 4.78 is 5.53. The highest BCUT2D eigenvalue weighted by molar-refractivity contribution is 5.80. The van der Waals surface area contributed by atoms with E-state index in [1.54, 1.807) is 18.1 Å². The van der Waals surface area contributed by atoms with E-state index in [1.165, 1.54) is 51.4 Å². The zero-order valence-corrected chi connectivity index (χ0v) is 19.4. The fraction of sp³-hybridized carbons (Fsp3) is 0.815. The predicted molar refractivity (Wildman–Crippen MR) is 119 cm³/mol. The Kier molecular flexibility index (Phi) is 4.82. The molecular formula is C27H40O3. The molecule has 30 heavy (non-hydrogen) atoms. The summed E-state index contributed by atoms with van der Waals surface area (Å²) in [4.78, 5) is 11.9. The van der Waals surface area contributed by atoms with Crippen molar-refractivity contribution in [3.8, 4) is 0 Å². The summed E-state index contributed by atoms with van der Waals surface area (Å²) in [6.45, 7) is 9.08. The minimum Gasteiger partial charge on any atom is -0.460 e. The van der Waals surface area contributed by atoms with Crippen LogP contribution in [0.5, 0.6) is 0 Å². The van der Waals surface area contributed by atoms with Crippen molar-refractivity contribution in [1.29, 1.82) is 0 Å². The summed E-state index contributed by atoms with van der Waals surface area (Å²) in [6.07, 6.45) is 17.0. The van der Waals surface area contributed by atoms with E-state index in [-0.39, 0.29) is 6.10 Å². The molecule has 2 unspecified atom stereocenters. The molecule has 3 nitrogen and oxygen atoms in total. The third-order valence-electron chi connectivity index (χ3n) is 10.2. The molecule has 166 valence electrons. The molecule has 5 rings (SSSR count). The third-order valence-corrected chi connectivity index (χ3v) is 10.2. The van der Waals surface area contributed by atoms with Crippen molar-refractivity contribution < 1.29 is 14.6 Å². The fourth-order valence-corrected chi connectivity index (χ4v) is 8.57. The second-order valence-electron chi connectivity index (χ2n) is 12.0. The summed E-state index contributed by atoms with van der Waals surface area (Å²) in [6, 6.07) is 0. The number of ether oxygens (including phenoxy) is 1. The van der Waals surface area contributed by atoms with Crippen LogP contribution in [0.1, 0.15) is 91.9 Å². The highest BCUT2D eigenvalue weighted by atomic mass is 16.6. The van der Waals surface area contributed by atoms with Crippen LogP contribution in [-0.4, -0.2) is 22.8 Å². The minimum absolute atomic E-state index is 0.123. The van der Waals surface area contributed by atoms with Gasteiger partial charge in [0.05, 0.1) is 0 Å². The summed E-state index contributed by atoms with van der Waals surface area (Å²) in [5.74, 6) is 2.23. The van der Waals surface area contributed by atoms with E-state index in [4.69, 9.17) is 4.74 Å². The van der Waals surface area contributed by atoms with E-state index in [1.807, 2.05) is 0 Å². The second kappa shape index (κ2) is 6.95. The van der Waals surface area contributed by atoms with Gasteiger partial charge in [-0.1, -0.05) is 50.5 Å². The largest absolute Gasteiger partial charge is 0.460 e. The summed E-state index contributed by atoms with van der Waals surface area (Å²) in [7, 11) is 0. The Morgan fingerprint density at radius 2 is 1.90 bits per heavy atom. The summed E-state index contributed by atoms with van der Waals surface area (Å²) in [5.41, 5.74) is 2.97. The Morgan fingerprint density at radius 1 is 1.10 bits per heavy atom. The first-order valence-electron chi connectivity index (χ1n) is 12.5. The van der Waals surface area contributed by atoms with Gasteiger partial charge in [0, 0.05) is 6.42 Å². The first-order chi connectivity index (χ1) is 14.1. The molecule has 0 spiro atoms. The molecule has 1 N–H and O–H groups in total. The Hall–Kier alpha value is -1.09. The van der Waals surface area contributed by atoms with Crippen molar-refractivity contribution in [2.45, 2.75) is 104 Å². The zero-order valence-electron chi connectivity index (χ0n) is 19.4. The monoisotopic (exact) mass is 412 g/mol. The molecule has 0 amide bonds. The van der Waals surface area contributed by atoms with E-state index in [9.17, 15) is 9.90 Å². The van der Waals surface area contributed by atoms with Gasteiger partial charge in [-0.25, -0.2) is 4.79 Å². The Labute approximate surface area is 182 Å². The average molecular weight is 413 g/mol. The fourth-order valence-electron chi connectivity index (χ4n) is 8.57. The van der Waals surface area contributed by atoms with Gasteiger partial charge in [0.25, 0.3) is 0 Å². The van der Waals surface area contributed by atoms with Crippen LogP contribution in [0.15, 0.2) is 23.3 Å². The van der Waals surface area contributed by atoms with E-state index >= 15 is 0 Å². The van der Waals surface area contributed by atoms with Gasteiger partial charge in [-0.05, 0) is 92.8 Å². The maximum Gasteiger partial charge on any atom is 0.338 e. The highest BCUT2D eigenvalue weighted by Crippen LogP contribution is 2.66. The van der Waals surface area contributed by atoms with Gasteiger partial charge in [0.15, 0.2) is 5.60 Å². The first-order valence-corrected chi connectivity index (χ1v) is 12.5. The van der Waals surface area contributed by atoms with Crippen LogP contribution in [-0.2, 0) is 9.53 Å². The quantitative estimate of drug-likeness (QED) is 0.581. The Morgan fingerprint density at radius 3 is 2.63 bits per heavy atom. The summed E-state index contributed by atoms with van der Waals surface area (Å²) in [5, 5.41) is 10.2. The van der Waals surface area contributed by atoms with Crippen LogP contribution in [0.25, 0.3) is 0 Å². The molecule has 0 aromatic rings. The lowest BCUT2D eigenvalue weighted by molar-refractivity contribution is -0.154. The van der Waals surface area contributed by atoms with Crippen molar-refractivity contribution in [3.05, 3.63) is 23.3 Å². The normalized spacial score (nSPS) is 48.8. The number of aliphatic hydroxyl groups is 1. The minimum atomic E-state index is -1.29. The van der Waals surface area contributed by atoms with Gasteiger partial charge in [-0.15, -0.1) is 0 Å². The summed E-state index contributed by atoms with van der Waals surface area (Å²) >= 11 is 0. The van der Waals surface area contributed by atoms with Crippen LogP contribution in [0, 0.1) is 34.5 Å². The van der Waals surface area contributed by atoms with E-state index in [0.29, 0.717) is 29.1 Å². The molecule has 0 aromatic carbocycles. The molecule has 1 aliphatic heterocycles. The standard InChI is InChI=1S/C27H40O3/c1-17(15-19-16-27(4,29)24(28)30-19)21-10-11-22-20-9-8-18-7-5-6-13-25(18,2)23(20)12-14-26(21,22)3/h8-9,17,19,21-23,29H,5-7,10-16H2,1-4H3/t17-,19?,21-,22+,23+,25+,26-,27?/m1/s1.